The number of thiazole rings is 1. The van der Waals surface area contributed by atoms with Crippen LogP contribution in [0, 0.1) is 5.92 Å². The van der Waals surface area contributed by atoms with Crippen molar-refractivity contribution in [3.63, 3.8) is 0 Å². The molecule has 1 aromatic rings. The van der Waals surface area contributed by atoms with Gasteiger partial charge in [0.25, 0.3) is 0 Å². The minimum Gasteiger partial charge on any atom is -0.340 e. The Bertz CT molecular complexity index is 505. The lowest BCUT2D eigenvalue weighted by Crippen LogP contribution is -3.05. The molecule has 25 heavy (non-hydrogen) atoms. The highest BCUT2D eigenvalue weighted by Crippen LogP contribution is 2.17. The minimum absolute atomic E-state index is 0.0133. The number of anilines is 1. The summed E-state index contributed by atoms with van der Waals surface area (Å²) in [5.74, 6) is -0.0517. The Hall–Kier alpha value is -1.47. The Morgan fingerprint density at radius 1 is 1.32 bits per heavy atom. The van der Waals surface area contributed by atoms with Crippen LogP contribution in [0.2, 0.25) is 0 Å². The number of unbranched alkanes of at least 4 members (excludes halogenated alkanes) is 1. The maximum atomic E-state index is 12.9. The smallest absolute Gasteiger partial charge is 0.245 e. The average Bonchev–Trinajstić information content (AvgIpc) is 3.06. The van der Waals surface area contributed by atoms with Crippen LogP contribution in [0.4, 0.5) is 5.13 Å². The first-order valence-electron chi connectivity index (χ1n) is 9.25. The Labute approximate surface area is 155 Å². The maximum Gasteiger partial charge on any atom is 0.245 e. The third-order valence-corrected chi connectivity index (χ3v) is 4.87. The molecule has 0 aromatic carbocycles. The molecule has 0 saturated heterocycles. The quantitative estimate of drug-likeness (QED) is 0.589. The van der Waals surface area contributed by atoms with Crippen LogP contribution in [-0.4, -0.2) is 55.4 Å². The number of rotatable bonds is 12. The lowest BCUT2D eigenvalue weighted by molar-refractivity contribution is -0.858. The van der Waals surface area contributed by atoms with Crippen molar-refractivity contribution < 1.29 is 14.5 Å². The second-order valence-electron chi connectivity index (χ2n) is 6.70. The maximum absolute atomic E-state index is 12.9. The average molecular weight is 370 g/mol. The van der Waals surface area contributed by atoms with Gasteiger partial charge in [0.05, 0.1) is 27.2 Å². The van der Waals surface area contributed by atoms with Gasteiger partial charge in [-0.2, -0.15) is 0 Å². The number of hydrogen-bond acceptors (Lipinski definition) is 4. The molecule has 0 bridgehead atoms. The first-order valence-corrected chi connectivity index (χ1v) is 10.1. The zero-order valence-corrected chi connectivity index (χ0v) is 16.8. The van der Waals surface area contributed by atoms with Crippen LogP contribution in [0.1, 0.15) is 46.0 Å². The second kappa shape index (κ2) is 12.0. The van der Waals surface area contributed by atoms with E-state index in [-0.39, 0.29) is 24.3 Å². The topological polar surface area (TPSA) is 66.7 Å². The van der Waals surface area contributed by atoms with E-state index >= 15 is 0 Å². The molecule has 1 heterocycles. The Balaban J connectivity index is 2.68. The Morgan fingerprint density at radius 3 is 2.64 bits per heavy atom. The molecule has 0 fully saturated rings. The number of nitrogens with zero attached hydrogens (tertiary/aromatic N) is 2. The van der Waals surface area contributed by atoms with Crippen molar-refractivity contribution in [3.8, 4) is 0 Å². The summed E-state index contributed by atoms with van der Waals surface area (Å²) in [7, 11) is 4.19. The van der Waals surface area contributed by atoms with Gasteiger partial charge in [-0.15, -0.1) is 11.3 Å². The normalized spacial score (nSPS) is 12.2. The van der Waals surface area contributed by atoms with Crippen molar-refractivity contribution in [3.05, 3.63) is 11.6 Å². The number of quaternary nitrogens is 1. The van der Waals surface area contributed by atoms with E-state index in [0.29, 0.717) is 11.7 Å². The molecule has 0 saturated carbocycles. The molecule has 6 nitrogen and oxygen atoms in total. The van der Waals surface area contributed by atoms with Crippen LogP contribution in [0.25, 0.3) is 0 Å². The first-order chi connectivity index (χ1) is 12.0. The lowest BCUT2D eigenvalue weighted by atomic mass is 9.97. The number of hydrogen-bond donors (Lipinski definition) is 2. The highest BCUT2D eigenvalue weighted by atomic mass is 32.1. The summed E-state index contributed by atoms with van der Waals surface area (Å²) in [6.07, 6.45) is 6.39. The van der Waals surface area contributed by atoms with Crippen molar-refractivity contribution in [1.82, 2.24) is 9.88 Å². The zero-order valence-electron chi connectivity index (χ0n) is 16.0. The fourth-order valence-electron chi connectivity index (χ4n) is 2.72. The van der Waals surface area contributed by atoms with Gasteiger partial charge in [0.15, 0.2) is 5.13 Å². The third kappa shape index (κ3) is 8.45. The van der Waals surface area contributed by atoms with E-state index in [4.69, 9.17) is 0 Å². The van der Waals surface area contributed by atoms with E-state index in [0.717, 1.165) is 38.6 Å². The summed E-state index contributed by atoms with van der Waals surface area (Å²) in [5.41, 5.74) is 0. The third-order valence-electron chi connectivity index (χ3n) is 4.18. The summed E-state index contributed by atoms with van der Waals surface area (Å²) in [6, 6.07) is 0. The van der Waals surface area contributed by atoms with Gasteiger partial charge in [0.1, 0.15) is 0 Å². The summed E-state index contributed by atoms with van der Waals surface area (Å²) < 4.78 is 0. The highest BCUT2D eigenvalue weighted by Gasteiger charge is 2.24. The van der Waals surface area contributed by atoms with Gasteiger partial charge in [-0.05, 0) is 12.8 Å². The van der Waals surface area contributed by atoms with Crippen molar-refractivity contribution in [2.75, 3.05) is 39.0 Å². The number of amides is 2. The minimum atomic E-state index is -0.175. The zero-order chi connectivity index (χ0) is 18.7. The van der Waals surface area contributed by atoms with Crippen LogP contribution in [-0.2, 0) is 9.59 Å². The molecule has 0 aliphatic carbocycles. The summed E-state index contributed by atoms with van der Waals surface area (Å²) in [6.45, 7) is 5.89. The number of aromatic nitrogens is 1. The van der Waals surface area contributed by atoms with Gasteiger partial charge >= 0.3 is 0 Å². The van der Waals surface area contributed by atoms with Crippen molar-refractivity contribution in [1.29, 1.82) is 0 Å². The summed E-state index contributed by atoms with van der Waals surface area (Å²) in [4.78, 5) is 32.4. The molecule has 0 spiro atoms. The first kappa shape index (κ1) is 21.6. The predicted octanol–water partition coefficient (Wildman–Crippen LogP) is 1.66. The standard InChI is InChI=1S/C18H32N4O2S/c1-5-7-9-15(6-2)17(24)22(12-8-11-21(3)4)14-16(23)20-18-19-10-13-25-18/h10,13,15H,5-9,11-12,14H2,1-4H3,(H,19,20,23)/p+1/t15-/m1/s1. The Kier molecular flexibility index (Phi) is 10.3. The molecule has 7 heteroatoms. The molecular formula is C18H33N4O2S+. The van der Waals surface area contributed by atoms with E-state index in [1.54, 1.807) is 11.1 Å². The number of carbonyl (C=O) groups excluding carboxylic acids is 2. The fraction of sp³-hybridized carbons (Fsp3) is 0.722. The SMILES string of the molecule is CCCC[C@@H](CC)C(=O)N(CCC[NH+](C)C)CC(=O)Nc1nccs1. The second-order valence-corrected chi connectivity index (χ2v) is 7.60. The van der Waals surface area contributed by atoms with Gasteiger partial charge in [-0.3, -0.25) is 9.59 Å². The predicted molar refractivity (Wildman–Crippen MR) is 103 cm³/mol. The van der Waals surface area contributed by atoms with Crippen molar-refractivity contribution in [2.24, 2.45) is 5.92 Å². The van der Waals surface area contributed by atoms with Crippen LogP contribution in [0.15, 0.2) is 11.6 Å². The van der Waals surface area contributed by atoms with Crippen LogP contribution < -0.4 is 10.2 Å². The lowest BCUT2D eigenvalue weighted by Gasteiger charge is -2.26. The summed E-state index contributed by atoms with van der Waals surface area (Å²) in [5, 5.41) is 5.17. The van der Waals surface area contributed by atoms with Gasteiger partial charge < -0.3 is 15.1 Å². The monoisotopic (exact) mass is 369 g/mol. The van der Waals surface area contributed by atoms with Gasteiger partial charge in [0.2, 0.25) is 11.8 Å². The Morgan fingerprint density at radius 2 is 2.08 bits per heavy atom. The van der Waals surface area contributed by atoms with Crippen LogP contribution >= 0.6 is 11.3 Å². The van der Waals surface area contributed by atoms with Crippen molar-refractivity contribution >= 4 is 28.3 Å². The molecule has 1 rings (SSSR count). The van der Waals surface area contributed by atoms with E-state index in [9.17, 15) is 9.59 Å². The fourth-order valence-corrected chi connectivity index (χ4v) is 3.26. The van der Waals surface area contributed by atoms with Gasteiger partial charge in [-0.1, -0.05) is 26.7 Å². The molecule has 1 aromatic heterocycles. The van der Waals surface area contributed by atoms with Gasteiger partial charge in [-0.25, -0.2) is 4.98 Å². The van der Waals surface area contributed by atoms with E-state index < -0.39 is 0 Å². The van der Waals surface area contributed by atoms with Gasteiger partial charge in [0, 0.05) is 30.5 Å². The largest absolute Gasteiger partial charge is 0.340 e. The molecule has 142 valence electrons. The van der Waals surface area contributed by atoms with Crippen LogP contribution in [0.3, 0.4) is 0 Å². The molecule has 0 aliphatic rings. The molecule has 2 amide bonds. The van der Waals surface area contributed by atoms with E-state index in [2.05, 4.69) is 38.2 Å². The molecule has 0 radical (unpaired) electrons. The van der Waals surface area contributed by atoms with Crippen molar-refractivity contribution in [2.45, 2.75) is 46.0 Å². The van der Waals surface area contributed by atoms with E-state index in [1.165, 1.54) is 16.2 Å². The van der Waals surface area contributed by atoms with Crippen LogP contribution in [0.5, 0.6) is 0 Å². The molecule has 0 unspecified atom stereocenters. The molecule has 0 aliphatic heterocycles. The van der Waals surface area contributed by atoms with E-state index in [1.807, 2.05) is 5.38 Å². The number of nitrogens with one attached hydrogen (secondary N) is 2. The number of carbonyl (C=O) groups is 2. The highest BCUT2D eigenvalue weighted by molar-refractivity contribution is 7.13. The summed E-state index contributed by atoms with van der Waals surface area (Å²) >= 11 is 1.38. The molecule has 2 N–H and O–H groups in total. The molecule has 1 atom stereocenters. The molecular weight excluding hydrogens is 336 g/mol.